The molecule has 0 bridgehead atoms. The van der Waals surface area contributed by atoms with Gasteiger partial charge in [0.15, 0.2) is 0 Å². The largest absolute Gasteiger partial charge is 0.103 e. The van der Waals surface area contributed by atoms with Gasteiger partial charge in [0.05, 0.1) is 0 Å². The smallest absolute Gasteiger partial charge is 0.0405 e. The summed E-state index contributed by atoms with van der Waals surface area (Å²) in [6, 6.07) is 4.57. The number of hydrogen-bond donors (Lipinski definition) is 0. The molecule has 1 heteroatoms. The first-order valence-electron chi connectivity index (χ1n) is 4.04. The predicted octanol–water partition coefficient (Wildman–Crippen LogP) is 2.58. The Morgan fingerprint density at radius 1 is 1.22 bits per heavy atom. The second kappa shape index (κ2) is 3.88. The molecule has 0 aromatic carbocycles. The SMILES string of the molecule is C=CC[SiH]1CCCCC1. The molecule has 0 amide bonds. The van der Waals surface area contributed by atoms with Gasteiger partial charge in [0.25, 0.3) is 0 Å². The van der Waals surface area contributed by atoms with Crippen molar-refractivity contribution in [2.24, 2.45) is 0 Å². The molecule has 1 saturated heterocycles. The topological polar surface area (TPSA) is 0 Å². The molecule has 0 atom stereocenters. The van der Waals surface area contributed by atoms with Gasteiger partial charge in [-0.25, -0.2) is 0 Å². The quantitative estimate of drug-likeness (QED) is 0.408. The van der Waals surface area contributed by atoms with Gasteiger partial charge in [-0.15, -0.1) is 6.58 Å². The monoisotopic (exact) mass is 140 g/mol. The lowest BCUT2D eigenvalue weighted by Crippen LogP contribution is -2.14. The fourth-order valence-electron chi connectivity index (χ4n) is 1.66. The highest BCUT2D eigenvalue weighted by Crippen LogP contribution is 2.21. The highest BCUT2D eigenvalue weighted by atomic mass is 28.3. The van der Waals surface area contributed by atoms with Gasteiger partial charge in [-0.05, 0) is 6.04 Å². The molecule has 1 heterocycles. The number of allylic oxidation sites excluding steroid dienone is 1. The third-order valence-corrected chi connectivity index (χ3v) is 5.67. The minimum absolute atomic E-state index is 0.244. The summed E-state index contributed by atoms with van der Waals surface area (Å²) in [5.74, 6) is 0. The molecule has 1 rings (SSSR count). The summed E-state index contributed by atoms with van der Waals surface area (Å²) in [4.78, 5) is 0. The van der Waals surface area contributed by atoms with Crippen molar-refractivity contribution in [2.45, 2.75) is 37.4 Å². The van der Waals surface area contributed by atoms with Gasteiger partial charge in [0.2, 0.25) is 0 Å². The number of hydrogen-bond acceptors (Lipinski definition) is 0. The van der Waals surface area contributed by atoms with Crippen LogP contribution in [0.25, 0.3) is 0 Å². The van der Waals surface area contributed by atoms with E-state index in [-0.39, 0.29) is 8.80 Å². The Kier molecular flexibility index (Phi) is 3.05. The maximum atomic E-state index is 3.79. The predicted molar refractivity (Wildman–Crippen MR) is 45.6 cm³/mol. The third-order valence-electron chi connectivity index (χ3n) is 2.22. The van der Waals surface area contributed by atoms with Crippen molar-refractivity contribution in [2.75, 3.05) is 0 Å². The van der Waals surface area contributed by atoms with E-state index in [9.17, 15) is 0 Å². The van der Waals surface area contributed by atoms with Crippen LogP contribution in [0.2, 0.25) is 18.1 Å². The summed E-state index contributed by atoms with van der Waals surface area (Å²) in [6.45, 7) is 3.79. The fraction of sp³-hybridized carbons (Fsp3) is 0.750. The molecule has 0 aliphatic carbocycles. The zero-order valence-electron chi connectivity index (χ0n) is 6.10. The van der Waals surface area contributed by atoms with E-state index in [1.165, 1.54) is 25.3 Å². The van der Waals surface area contributed by atoms with Crippen molar-refractivity contribution >= 4 is 8.80 Å². The first-order chi connectivity index (χ1) is 4.43. The molecule has 0 radical (unpaired) electrons. The lowest BCUT2D eigenvalue weighted by Gasteiger charge is -2.17. The van der Waals surface area contributed by atoms with E-state index >= 15 is 0 Å². The zero-order chi connectivity index (χ0) is 6.53. The van der Waals surface area contributed by atoms with Gasteiger partial charge in [-0.3, -0.25) is 0 Å². The standard InChI is InChI=1S/C8H16Si/c1-2-6-9-7-4-3-5-8-9/h2,9H,1,3-8H2. The first-order valence-corrected chi connectivity index (χ1v) is 6.49. The van der Waals surface area contributed by atoms with E-state index in [4.69, 9.17) is 0 Å². The number of rotatable bonds is 2. The van der Waals surface area contributed by atoms with Crippen LogP contribution in [0.4, 0.5) is 0 Å². The summed E-state index contributed by atoms with van der Waals surface area (Å²) in [5.41, 5.74) is 0. The average molecular weight is 140 g/mol. The molecule has 0 unspecified atom stereocenters. The van der Waals surface area contributed by atoms with E-state index in [1.54, 1.807) is 12.1 Å². The van der Waals surface area contributed by atoms with Crippen LogP contribution >= 0.6 is 0 Å². The maximum Gasteiger partial charge on any atom is 0.0405 e. The Balaban J connectivity index is 2.15. The van der Waals surface area contributed by atoms with Crippen LogP contribution in [0.3, 0.4) is 0 Å². The summed E-state index contributed by atoms with van der Waals surface area (Å²) in [7, 11) is -0.244. The fourth-order valence-corrected chi connectivity index (χ4v) is 4.62. The summed E-state index contributed by atoms with van der Waals surface area (Å²) in [5, 5.41) is 0. The third kappa shape index (κ3) is 2.35. The van der Waals surface area contributed by atoms with Crippen molar-refractivity contribution in [3.05, 3.63) is 12.7 Å². The molecule has 0 saturated carbocycles. The highest BCUT2D eigenvalue weighted by Gasteiger charge is 2.12. The Labute approximate surface area is 59.6 Å². The van der Waals surface area contributed by atoms with E-state index in [0.29, 0.717) is 0 Å². The van der Waals surface area contributed by atoms with Crippen LogP contribution in [0.15, 0.2) is 12.7 Å². The van der Waals surface area contributed by atoms with Gasteiger partial charge in [-0.1, -0.05) is 37.4 Å². The summed E-state index contributed by atoms with van der Waals surface area (Å²) >= 11 is 0. The van der Waals surface area contributed by atoms with E-state index < -0.39 is 0 Å². The van der Waals surface area contributed by atoms with E-state index in [2.05, 4.69) is 12.7 Å². The molecule has 0 spiro atoms. The highest BCUT2D eigenvalue weighted by molar-refractivity contribution is 6.59. The van der Waals surface area contributed by atoms with Gasteiger partial charge in [0, 0.05) is 8.80 Å². The van der Waals surface area contributed by atoms with Gasteiger partial charge in [-0.2, -0.15) is 0 Å². The molecule has 1 fully saturated rings. The van der Waals surface area contributed by atoms with Crippen molar-refractivity contribution < 1.29 is 0 Å². The Bertz CT molecular complexity index is 82.6. The molecule has 0 nitrogen and oxygen atoms in total. The molecular formula is C8H16Si. The molecule has 52 valence electrons. The molecule has 0 aromatic rings. The molecule has 1 aliphatic rings. The van der Waals surface area contributed by atoms with Crippen molar-refractivity contribution in [3.8, 4) is 0 Å². The van der Waals surface area contributed by atoms with Crippen molar-refractivity contribution in [1.82, 2.24) is 0 Å². The first kappa shape index (κ1) is 7.07. The van der Waals surface area contributed by atoms with Crippen LogP contribution in [0.1, 0.15) is 19.3 Å². The molecule has 1 aliphatic heterocycles. The molecule has 0 N–H and O–H groups in total. The Morgan fingerprint density at radius 3 is 2.44 bits per heavy atom. The average Bonchev–Trinajstić information content (AvgIpc) is 1.91. The van der Waals surface area contributed by atoms with Gasteiger partial charge < -0.3 is 0 Å². The molecule has 9 heavy (non-hydrogen) atoms. The zero-order valence-corrected chi connectivity index (χ0v) is 7.26. The van der Waals surface area contributed by atoms with Crippen LogP contribution < -0.4 is 0 Å². The molecular weight excluding hydrogens is 124 g/mol. The van der Waals surface area contributed by atoms with Crippen molar-refractivity contribution in [3.63, 3.8) is 0 Å². The van der Waals surface area contributed by atoms with Crippen LogP contribution in [-0.2, 0) is 0 Å². The minimum atomic E-state index is -0.244. The minimum Gasteiger partial charge on any atom is -0.103 e. The molecule has 0 aromatic heterocycles. The Morgan fingerprint density at radius 2 is 1.89 bits per heavy atom. The Hall–Kier alpha value is -0.0431. The lowest BCUT2D eigenvalue weighted by molar-refractivity contribution is 0.722. The van der Waals surface area contributed by atoms with Crippen LogP contribution in [0, 0.1) is 0 Å². The second-order valence-electron chi connectivity index (χ2n) is 3.03. The van der Waals surface area contributed by atoms with Gasteiger partial charge in [0.1, 0.15) is 0 Å². The van der Waals surface area contributed by atoms with E-state index in [0.717, 1.165) is 0 Å². The van der Waals surface area contributed by atoms with Crippen LogP contribution in [-0.4, -0.2) is 8.80 Å². The maximum absolute atomic E-state index is 3.79. The second-order valence-corrected chi connectivity index (χ2v) is 6.39. The van der Waals surface area contributed by atoms with Crippen LogP contribution in [0.5, 0.6) is 0 Å². The normalized spacial score (nSPS) is 21.8. The summed E-state index contributed by atoms with van der Waals surface area (Å²) in [6.07, 6.45) is 6.66. The van der Waals surface area contributed by atoms with Crippen molar-refractivity contribution in [1.29, 1.82) is 0 Å². The summed E-state index contributed by atoms with van der Waals surface area (Å²) < 4.78 is 0. The lowest BCUT2D eigenvalue weighted by atomic mass is 10.3. The van der Waals surface area contributed by atoms with Gasteiger partial charge >= 0.3 is 0 Å². The van der Waals surface area contributed by atoms with E-state index in [1.807, 2.05) is 0 Å².